The summed E-state index contributed by atoms with van der Waals surface area (Å²) in [7, 11) is 1.62. The Morgan fingerprint density at radius 1 is 1.24 bits per heavy atom. The van der Waals surface area contributed by atoms with Crippen LogP contribution in [0.25, 0.3) is 10.2 Å². The minimum absolute atomic E-state index is 0.574. The number of nitrogens with zero attached hydrogens (tertiary/aromatic N) is 3. The lowest BCUT2D eigenvalue weighted by molar-refractivity contribution is 0.311. The Labute approximate surface area is 150 Å². The lowest BCUT2D eigenvalue weighted by Gasteiger charge is -2.09. The zero-order valence-corrected chi connectivity index (χ0v) is 15.5. The number of hydrogen-bond donors (Lipinski definition) is 1. The van der Waals surface area contributed by atoms with E-state index in [0.29, 0.717) is 23.9 Å². The van der Waals surface area contributed by atoms with Crippen LogP contribution >= 0.6 is 11.3 Å². The molecule has 0 fully saturated rings. The van der Waals surface area contributed by atoms with Gasteiger partial charge in [-0.15, -0.1) is 11.3 Å². The van der Waals surface area contributed by atoms with Crippen molar-refractivity contribution in [3.8, 4) is 11.5 Å². The molecule has 0 atom stereocenters. The molecule has 0 radical (unpaired) electrons. The Bertz CT molecular complexity index is 921. The van der Waals surface area contributed by atoms with Gasteiger partial charge in [0.1, 0.15) is 11.2 Å². The van der Waals surface area contributed by atoms with E-state index in [4.69, 9.17) is 9.47 Å². The maximum Gasteiger partial charge on any atom is 0.161 e. The van der Waals surface area contributed by atoms with Crippen LogP contribution in [0.2, 0.25) is 0 Å². The largest absolute Gasteiger partial charge is 0.493 e. The fourth-order valence-corrected chi connectivity index (χ4v) is 3.47. The predicted molar refractivity (Wildman–Crippen MR) is 102 cm³/mol. The number of hydrazone groups is 1. The van der Waals surface area contributed by atoms with Gasteiger partial charge in [-0.1, -0.05) is 0 Å². The third-order valence-corrected chi connectivity index (χ3v) is 4.95. The molecule has 0 saturated carbocycles. The Balaban J connectivity index is 1.83. The molecule has 0 unspecified atom stereocenters. The summed E-state index contributed by atoms with van der Waals surface area (Å²) in [6, 6.07) is 5.67. The van der Waals surface area contributed by atoms with Crippen molar-refractivity contribution in [2.75, 3.05) is 19.1 Å². The van der Waals surface area contributed by atoms with Crippen LogP contribution < -0.4 is 14.9 Å². The maximum absolute atomic E-state index is 5.58. The van der Waals surface area contributed by atoms with Gasteiger partial charge in [0.2, 0.25) is 0 Å². The number of fused-ring (bicyclic) bond motifs is 1. The van der Waals surface area contributed by atoms with Gasteiger partial charge < -0.3 is 9.47 Å². The molecule has 1 aromatic carbocycles. The lowest BCUT2D eigenvalue weighted by atomic mass is 10.2. The number of aryl methyl sites for hydroxylation is 2. The highest BCUT2D eigenvalue weighted by atomic mass is 32.1. The van der Waals surface area contributed by atoms with Crippen molar-refractivity contribution in [2.45, 2.75) is 20.8 Å². The second kappa shape index (κ2) is 7.48. The average molecular weight is 356 g/mol. The smallest absolute Gasteiger partial charge is 0.161 e. The minimum atomic E-state index is 0.574. The van der Waals surface area contributed by atoms with Crippen molar-refractivity contribution in [1.82, 2.24) is 9.97 Å². The Kier molecular flexibility index (Phi) is 5.14. The zero-order valence-electron chi connectivity index (χ0n) is 14.7. The summed E-state index contributed by atoms with van der Waals surface area (Å²) in [6.45, 7) is 6.67. The number of hydrogen-bond acceptors (Lipinski definition) is 7. The normalized spacial score (nSPS) is 11.2. The molecule has 2 aromatic heterocycles. The standard InChI is InChI=1S/C18H20N4O2S/c1-5-24-15-8-13(6-7-14(15)23-4)9-21-22-17-16-11(2)12(3)25-18(16)20-10-19-17/h6-10H,5H2,1-4H3,(H,19,20,22)/b21-9-. The molecule has 0 spiro atoms. The van der Waals surface area contributed by atoms with Crippen molar-refractivity contribution in [3.05, 3.63) is 40.5 Å². The highest BCUT2D eigenvalue weighted by Gasteiger charge is 2.11. The van der Waals surface area contributed by atoms with Crippen molar-refractivity contribution in [2.24, 2.45) is 5.10 Å². The molecule has 0 aliphatic heterocycles. The van der Waals surface area contributed by atoms with E-state index in [1.54, 1.807) is 31.0 Å². The molecule has 0 aliphatic carbocycles. The van der Waals surface area contributed by atoms with E-state index in [9.17, 15) is 0 Å². The molecule has 1 N–H and O–H groups in total. The van der Waals surface area contributed by atoms with Crippen LogP contribution in [0.4, 0.5) is 5.82 Å². The summed E-state index contributed by atoms with van der Waals surface area (Å²) in [5.41, 5.74) is 5.11. The van der Waals surface area contributed by atoms with Crippen LogP contribution in [0.1, 0.15) is 22.9 Å². The number of methoxy groups -OCH3 is 1. The van der Waals surface area contributed by atoms with Crippen LogP contribution in [0, 0.1) is 13.8 Å². The van der Waals surface area contributed by atoms with Gasteiger partial charge in [0, 0.05) is 4.88 Å². The van der Waals surface area contributed by atoms with Gasteiger partial charge in [0.25, 0.3) is 0 Å². The van der Waals surface area contributed by atoms with Crippen molar-refractivity contribution in [3.63, 3.8) is 0 Å². The summed E-state index contributed by atoms with van der Waals surface area (Å²) < 4.78 is 10.9. The molecule has 3 rings (SSSR count). The number of anilines is 1. The van der Waals surface area contributed by atoms with Crippen LogP contribution in [0.5, 0.6) is 11.5 Å². The number of benzene rings is 1. The zero-order chi connectivity index (χ0) is 17.8. The second-order valence-corrected chi connectivity index (χ2v) is 6.60. The lowest BCUT2D eigenvalue weighted by Crippen LogP contribution is -1.98. The van der Waals surface area contributed by atoms with E-state index < -0.39 is 0 Å². The summed E-state index contributed by atoms with van der Waals surface area (Å²) in [6.07, 6.45) is 3.28. The molecule has 130 valence electrons. The molecule has 0 saturated heterocycles. The van der Waals surface area contributed by atoms with Crippen LogP contribution in [-0.2, 0) is 0 Å². The predicted octanol–water partition coefficient (Wildman–Crippen LogP) is 4.16. The first-order valence-corrected chi connectivity index (χ1v) is 8.76. The van der Waals surface area contributed by atoms with E-state index in [2.05, 4.69) is 34.3 Å². The number of thiophene rings is 1. The van der Waals surface area contributed by atoms with Crippen molar-refractivity contribution < 1.29 is 9.47 Å². The number of ether oxygens (including phenoxy) is 2. The van der Waals surface area contributed by atoms with Gasteiger partial charge >= 0.3 is 0 Å². The molecule has 25 heavy (non-hydrogen) atoms. The highest BCUT2D eigenvalue weighted by molar-refractivity contribution is 7.18. The Morgan fingerprint density at radius 2 is 2.08 bits per heavy atom. The number of aromatic nitrogens is 2. The third-order valence-electron chi connectivity index (χ3n) is 3.84. The number of nitrogens with one attached hydrogen (secondary N) is 1. The minimum Gasteiger partial charge on any atom is -0.493 e. The molecule has 7 heteroatoms. The first-order chi connectivity index (χ1) is 12.1. The average Bonchev–Trinajstić information content (AvgIpc) is 2.91. The monoisotopic (exact) mass is 356 g/mol. The van der Waals surface area contributed by atoms with Gasteiger partial charge in [-0.25, -0.2) is 9.97 Å². The third kappa shape index (κ3) is 3.56. The van der Waals surface area contributed by atoms with Crippen molar-refractivity contribution >= 4 is 33.6 Å². The maximum atomic E-state index is 5.58. The van der Waals surface area contributed by atoms with E-state index in [0.717, 1.165) is 15.8 Å². The SMILES string of the molecule is CCOc1cc(/C=N\Nc2ncnc3sc(C)c(C)c23)ccc1OC. The molecular formula is C18H20N4O2S. The molecule has 6 nitrogen and oxygen atoms in total. The number of rotatable bonds is 6. The second-order valence-electron chi connectivity index (χ2n) is 5.40. The van der Waals surface area contributed by atoms with Crippen LogP contribution in [0.15, 0.2) is 29.6 Å². The van der Waals surface area contributed by atoms with Gasteiger partial charge in [-0.3, -0.25) is 5.43 Å². The summed E-state index contributed by atoms with van der Waals surface area (Å²) in [5.74, 6) is 2.11. The van der Waals surface area contributed by atoms with Crippen molar-refractivity contribution in [1.29, 1.82) is 0 Å². The van der Waals surface area contributed by atoms with Gasteiger partial charge in [-0.2, -0.15) is 5.10 Å². The first-order valence-electron chi connectivity index (χ1n) is 7.94. The first kappa shape index (κ1) is 17.2. The molecule has 0 bridgehead atoms. The quantitative estimate of drug-likeness (QED) is 0.530. The van der Waals surface area contributed by atoms with Gasteiger partial charge in [0.05, 0.1) is 25.3 Å². The van der Waals surface area contributed by atoms with E-state index >= 15 is 0 Å². The van der Waals surface area contributed by atoms with Crippen LogP contribution in [-0.4, -0.2) is 29.9 Å². The molecule has 2 heterocycles. The molecular weight excluding hydrogens is 336 g/mol. The van der Waals surface area contributed by atoms with Crippen LogP contribution in [0.3, 0.4) is 0 Å². The Morgan fingerprint density at radius 3 is 2.84 bits per heavy atom. The molecule has 3 aromatic rings. The fourth-order valence-electron chi connectivity index (χ4n) is 2.48. The van der Waals surface area contributed by atoms with Gasteiger partial charge in [-0.05, 0) is 50.1 Å². The van der Waals surface area contributed by atoms with E-state index in [-0.39, 0.29) is 0 Å². The molecule has 0 amide bonds. The summed E-state index contributed by atoms with van der Waals surface area (Å²) in [4.78, 5) is 10.8. The van der Waals surface area contributed by atoms with E-state index in [1.807, 2.05) is 25.1 Å². The highest BCUT2D eigenvalue weighted by Crippen LogP contribution is 2.32. The fraction of sp³-hybridized carbons (Fsp3) is 0.278. The topological polar surface area (TPSA) is 68.6 Å². The summed E-state index contributed by atoms with van der Waals surface area (Å²) in [5, 5.41) is 5.33. The van der Waals surface area contributed by atoms with E-state index in [1.165, 1.54) is 10.4 Å². The molecule has 0 aliphatic rings. The van der Waals surface area contributed by atoms with Gasteiger partial charge in [0.15, 0.2) is 17.3 Å². The Hall–Kier alpha value is -2.67. The summed E-state index contributed by atoms with van der Waals surface area (Å²) >= 11 is 1.66.